The summed E-state index contributed by atoms with van der Waals surface area (Å²) in [6.07, 6.45) is 4.18. The SMILES string of the molecule is CCC1(C)NC(=O)CCN(c2cccnc2)C1=O. The number of carbonyl (C=O) groups is 2. The van der Waals surface area contributed by atoms with Gasteiger partial charge in [-0.15, -0.1) is 0 Å². The zero-order chi connectivity index (χ0) is 13.2. The summed E-state index contributed by atoms with van der Waals surface area (Å²) >= 11 is 0. The van der Waals surface area contributed by atoms with Crippen LogP contribution in [0.2, 0.25) is 0 Å². The van der Waals surface area contributed by atoms with Crippen LogP contribution in [-0.4, -0.2) is 28.9 Å². The van der Waals surface area contributed by atoms with Gasteiger partial charge in [0.2, 0.25) is 5.91 Å². The van der Waals surface area contributed by atoms with Gasteiger partial charge in [0.25, 0.3) is 5.91 Å². The van der Waals surface area contributed by atoms with E-state index in [2.05, 4.69) is 10.3 Å². The van der Waals surface area contributed by atoms with Gasteiger partial charge in [0.05, 0.1) is 11.9 Å². The van der Waals surface area contributed by atoms with Crippen molar-refractivity contribution in [1.82, 2.24) is 10.3 Å². The van der Waals surface area contributed by atoms with Gasteiger partial charge in [-0.1, -0.05) is 6.92 Å². The molecule has 2 heterocycles. The standard InChI is InChI=1S/C13H17N3O2/c1-3-13(2)12(18)16(8-6-11(17)15-13)10-5-4-7-14-9-10/h4-5,7,9H,3,6,8H2,1-2H3,(H,15,17). The minimum Gasteiger partial charge on any atom is -0.342 e. The minimum absolute atomic E-state index is 0.0798. The second kappa shape index (κ2) is 4.76. The average molecular weight is 247 g/mol. The summed E-state index contributed by atoms with van der Waals surface area (Å²) < 4.78 is 0. The summed E-state index contributed by atoms with van der Waals surface area (Å²) in [4.78, 5) is 29.9. The van der Waals surface area contributed by atoms with E-state index in [1.54, 1.807) is 30.3 Å². The maximum atomic E-state index is 12.5. The lowest BCUT2D eigenvalue weighted by Gasteiger charge is -2.31. The van der Waals surface area contributed by atoms with E-state index in [1.807, 2.05) is 13.0 Å². The molecule has 1 unspecified atom stereocenters. The third-order valence-corrected chi connectivity index (χ3v) is 3.36. The Hall–Kier alpha value is -1.91. The van der Waals surface area contributed by atoms with Crippen LogP contribution in [0.3, 0.4) is 0 Å². The first kappa shape index (κ1) is 12.5. The predicted molar refractivity (Wildman–Crippen MR) is 68.0 cm³/mol. The van der Waals surface area contributed by atoms with Crippen molar-refractivity contribution in [2.75, 3.05) is 11.4 Å². The Balaban J connectivity index is 2.36. The quantitative estimate of drug-likeness (QED) is 0.851. The number of aromatic nitrogens is 1. The first-order chi connectivity index (χ1) is 8.57. The lowest BCUT2D eigenvalue weighted by molar-refractivity contribution is -0.129. The molecule has 1 saturated heterocycles. The maximum absolute atomic E-state index is 12.5. The van der Waals surface area contributed by atoms with Crippen LogP contribution >= 0.6 is 0 Å². The molecule has 0 spiro atoms. The van der Waals surface area contributed by atoms with Gasteiger partial charge in [-0.25, -0.2) is 0 Å². The van der Waals surface area contributed by atoms with Crippen molar-refractivity contribution >= 4 is 17.5 Å². The molecule has 0 bridgehead atoms. The normalized spacial score (nSPS) is 24.7. The largest absolute Gasteiger partial charge is 0.342 e. The lowest BCUT2D eigenvalue weighted by atomic mass is 9.97. The molecular formula is C13H17N3O2. The predicted octanol–water partition coefficient (Wildman–Crippen LogP) is 1.10. The molecule has 0 aliphatic carbocycles. The van der Waals surface area contributed by atoms with E-state index in [1.165, 1.54) is 0 Å². The maximum Gasteiger partial charge on any atom is 0.252 e. The van der Waals surface area contributed by atoms with Crippen molar-refractivity contribution in [2.24, 2.45) is 0 Å². The molecule has 2 amide bonds. The number of nitrogens with zero attached hydrogens (tertiary/aromatic N) is 2. The molecule has 0 aromatic carbocycles. The van der Waals surface area contributed by atoms with Crippen LogP contribution in [0.5, 0.6) is 0 Å². The number of carbonyl (C=O) groups excluding carboxylic acids is 2. The smallest absolute Gasteiger partial charge is 0.252 e. The van der Waals surface area contributed by atoms with E-state index in [0.29, 0.717) is 19.4 Å². The zero-order valence-corrected chi connectivity index (χ0v) is 10.6. The number of hydrogen-bond donors (Lipinski definition) is 1. The molecule has 1 atom stereocenters. The molecule has 18 heavy (non-hydrogen) atoms. The van der Waals surface area contributed by atoms with Crippen LogP contribution in [0.1, 0.15) is 26.7 Å². The number of amides is 2. The molecule has 0 radical (unpaired) electrons. The first-order valence-electron chi connectivity index (χ1n) is 6.10. The third-order valence-electron chi connectivity index (χ3n) is 3.36. The Kier molecular flexibility index (Phi) is 3.32. The van der Waals surface area contributed by atoms with Crippen molar-refractivity contribution in [1.29, 1.82) is 0 Å². The van der Waals surface area contributed by atoms with E-state index in [0.717, 1.165) is 5.69 Å². The second-order valence-electron chi connectivity index (χ2n) is 4.65. The summed E-state index contributed by atoms with van der Waals surface area (Å²) in [7, 11) is 0. The second-order valence-corrected chi connectivity index (χ2v) is 4.65. The summed E-state index contributed by atoms with van der Waals surface area (Å²) in [6, 6.07) is 3.61. The molecular weight excluding hydrogens is 230 g/mol. The monoisotopic (exact) mass is 247 g/mol. The van der Waals surface area contributed by atoms with Gasteiger partial charge >= 0.3 is 0 Å². The van der Waals surface area contributed by atoms with E-state index in [4.69, 9.17) is 0 Å². The average Bonchev–Trinajstić information content (AvgIpc) is 2.50. The van der Waals surface area contributed by atoms with Crippen molar-refractivity contribution < 1.29 is 9.59 Å². The highest BCUT2D eigenvalue weighted by Crippen LogP contribution is 2.22. The first-order valence-corrected chi connectivity index (χ1v) is 6.10. The van der Waals surface area contributed by atoms with Gasteiger partial charge in [0.15, 0.2) is 0 Å². The molecule has 5 heteroatoms. The Morgan fingerprint density at radius 2 is 2.28 bits per heavy atom. The van der Waals surface area contributed by atoms with Crippen LogP contribution in [0.15, 0.2) is 24.5 Å². The molecule has 1 aliphatic rings. The fourth-order valence-electron chi connectivity index (χ4n) is 2.04. The van der Waals surface area contributed by atoms with Crippen molar-refractivity contribution in [3.8, 4) is 0 Å². The lowest BCUT2D eigenvalue weighted by Crippen LogP contribution is -2.54. The molecule has 1 aromatic heterocycles. The summed E-state index contributed by atoms with van der Waals surface area (Å²) in [5.74, 6) is -0.164. The number of nitrogens with one attached hydrogen (secondary N) is 1. The van der Waals surface area contributed by atoms with Crippen molar-refractivity contribution in [3.05, 3.63) is 24.5 Å². The van der Waals surface area contributed by atoms with Crippen LogP contribution in [0.25, 0.3) is 0 Å². The van der Waals surface area contributed by atoms with E-state index >= 15 is 0 Å². The molecule has 1 aromatic rings. The van der Waals surface area contributed by atoms with Crippen LogP contribution in [0.4, 0.5) is 5.69 Å². The van der Waals surface area contributed by atoms with Gasteiger partial charge in [0.1, 0.15) is 5.54 Å². The van der Waals surface area contributed by atoms with Crippen LogP contribution in [-0.2, 0) is 9.59 Å². The summed E-state index contributed by atoms with van der Waals surface area (Å²) in [5, 5.41) is 2.80. The van der Waals surface area contributed by atoms with E-state index in [9.17, 15) is 9.59 Å². The molecule has 1 aliphatic heterocycles. The highest BCUT2D eigenvalue weighted by atomic mass is 16.2. The molecule has 1 fully saturated rings. The Morgan fingerprint density at radius 1 is 1.50 bits per heavy atom. The van der Waals surface area contributed by atoms with Gasteiger partial charge < -0.3 is 10.2 Å². The number of anilines is 1. The molecule has 0 saturated carbocycles. The van der Waals surface area contributed by atoms with Crippen molar-refractivity contribution in [2.45, 2.75) is 32.2 Å². The van der Waals surface area contributed by atoms with Crippen LogP contribution < -0.4 is 10.2 Å². The van der Waals surface area contributed by atoms with Crippen molar-refractivity contribution in [3.63, 3.8) is 0 Å². The van der Waals surface area contributed by atoms with E-state index < -0.39 is 5.54 Å². The fourth-order valence-corrected chi connectivity index (χ4v) is 2.04. The highest BCUT2D eigenvalue weighted by Gasteiger charge is 2.39. The molecule has 1 N–H and O–H groups in total. The molecule has 5 nitrogen and oxygen atoms in total. The zero-order valence-electron chi connectivity index (χ0n) is 10.6. The van der Waals surface area contributed by atoms with E-state index in [-0.39, 0.29) is 11.8 Å². The van der Waals surface area contributed by atoms with Gasteiger partial charge in [-0.3, -0.25) is 14.6 Å². The molecule has 2 rings (SSSR count). The summed E-state index contributed by atoms with van der Waals surface area (Å²) in [5.41, 5.74) is -0.0951. The Morgan fingerprint density at radius 3 is 2.89 bits per heavy atom. The van der Waals surface area contributed by atoms with Gasteiger partial charge in [-0.05, 0) is 25.5 Å². The van der Waals surface area contributed by atoms with Crippen LogP contribution in [0, 0.1) is 0 Å². The number of hydrogen-bond acceptors (Lipinski definition) is 3. The topological polar surface area (TPSA) is 62.3 Å². The minimum atomic E-state index is -0.830. The highest BCUT2D eigenvalue weighted by molar-refractivity contribution is 6.03. The van der Waals surface area contributed by atoms with Gasteiger partial charge in [0, 0.05) is 19.2 Å². The number of pyridine rings is 1. The Bertz CT molecular complexity index is 461. The Labute approximate surface area is 106 Å². The molecule has 96 valence electrons. The number of rotatable bonds is 2. The third kappa shape index (κ3) is 2.20. The summed E-state index contributed by atoms with van der Waals surface area (Å²) in [6.45, 7) is 4.05. The fraction of sp³-hybridized carbons (Fsp3) is 0.462. The van der Waals surface area contributed by atoms with Gasteiger partial charge in [-0.2, -0.15) is 0 Å².